The van der Waals surface area contributed by atoms with E-state index >= 15 is 0 Å². The molecule has 2 nitrogen and oxygen atoms in total. The van der Waals surface area contributed by atoms with Crippen LogP contribution in [-0.2, 0) is 0 Å². The molecule has 2 N–H and O–H groups in total. The number of aliphatic hydroxyl groups is 1. The Balaban J connectivity index is 1.55. The lowest BCUT2D eigenvalue weighted by Crippen LogP contribution is -2.37. The van der Waals surface area contributed by atoms with Crippen LogP contribution in [0.3, 0.4) is 0 Å². The Hall–Kier alpha value is -0.0800. The molecule has 0 aliphatic heterocycles. The standard InChI is InChI=1S/C12H21NO/c1-12(2,14)6-13-11-9-7-3-4-8(5-7)10(9)11/h7-11,13-14H,3-6H2,1-2H3. The topological polar surface area (TPSA) is 32.3 Å². The van der Waals surface area contributed by atoms with Crippen LogP contribution < -0.4 is 5.32 Å². The van der Waals surface area contributed by atoms with E-state index < -0.39 is 5.60 Å². The Labute approximate surface area is 86.1 Å². The van der Waals surface area contributed by atoms with Crippen molar-refractivity contribution in [2.24, 2.45) is 23.7 Å². The van der Waals surface area contributed by atoms with Crippen LogP contribution >= 0.6 is 0 Å². The minimum absolute atomic E-state index is 0.546. The Bertz CT molecular complexity index is 229. The minimum atomic E-state index is -0.546. The van der Waals surface area contributed by atoms with Crippen molar-refractivity contribution in [2.45, 2.75) is 44.8 Å². The molecule has 3 rings (SSSR count). The summed E-state index contributed by atoms with van der Waals surface area (Å²) in [6.45, 7) is 4.52. The third-order valence-corrected chi connectivity index (χ3v) is 4.51. The van der Waals surface area contributed by atoms with Crippen LogP contribution in [0.4, 0.5) is 0 Å². The normalized spacial score (nSPS) is 49.5. The van der Waals surface area contributed by atoms with E-state index in [2.05, 4.69) is 5.32 Å². The molecule has 0 radical (unpaired) electrons. The van der Waals surface area contributed by atoms with E-state index in [1.165, 1.54) is 19.3 Å². The molecule has 0 heterocycles. The summed E-state index contributed by atoms with van der Waals surface area (Å²) < 4.78 is 0. The number of nitrogens with one attached hydrogen (secondary N) is 1. The second-order valence-electron chi connectivity index (χ2n) is 6.21. The average Bonchev–Trinajstić information content (AvgIpc) is 2.50. The summed E-state index contributed by atoms with van der Waals surface area (Å²) >= 11 is 0. The van der Waals surface area contributed by atoms with E-state index in [0.717, 1.165) is 36.3 Å². The van der Waals surface area contributed by atoms with E-state index in [9.17, 15) is 5.11 Å². The summed E-state index contributed by atoms with van der Waals surface area (Å²) in [5, 5.41) is 13.2. The SMILES string of the molecule is CC(C)(O)CNC1C2C3CCC(C3)C12. The Kier molecular flexibility index (Phi) is 1.79. The predicted molar refractivity (Wildman–Crippen MR) is 55.9 cm³/mol. The fourth-order valence-corrected chi connectivity index (χ4v) is 3.97. The van der Waals surface area contributed by atoms with E-state index in [-0.39, 0.29) is 0 Å². The Morgan fingerprint density at radius 1 is 1.21 bits per heavy atom. The molecular formula is C12H21NO. The van der Waals surface area contributed by atoms with Crippen LogP contribution in [0.15, 0.2) is 0 Å². The van der Waals surface area contributed by atoms with E-state index in [1.807, 2.05) is 13.8 Å². The summed E-state index contributed by atoms with van der Waals surface area (Å²) in [7, 11) is 0. The van der Waals surface area contributed by atoms with Crippen molar-refractivity contribution < 1.29 is 5.11 Å². The van der Waals surface area contributed by atoms with Crippen molar-refractivity contribution >= 4 is 0 Å². The number of rotatable bonds is 3. The fourth-order valence-electron chi connectivity index (χ4n) is 3.97. The van der Waals surface area contributed by atoms with Crippen molar-refractivity contribution in [1.29, 1.82) is 0 Å². The van der Waals surface area contributed by atoms with Gasteiger partial charge in [-0.25, -0.2) is 0 Å². The molecule has 0 spiro atoms. The number of fused-ring (bicyclic) bond motifs is 5. The largest absolute Gasteiger partial charge is 0.389 e. The molecule has 80 valence electrons. The molecule has 3 aliphatic rings. The lowest BCUT2D eigenvalue weighted by Gasteiger charge is -2.19. The molecule has 4 atom stereocenters. The summed E-state index contributed by atoms with van der Waals surface area (Å²) in [5.74, 6) is 4.03. The van der Waals surface area contributed by atoms with Gasteiger partial charge >= 0.3 is 0 Å². The third-order valence-electron chi connectivity index (χ3n) is 4.51. The van der Waals surface area contributed by atoms with E-state index in [1.54, 1.807) is 0 Å². The molecule has 0 amide bonds. The second kappa shape index (κ2) is 2.73. The van der Waals surface area contributed by atoms with E-state index in [4.69, 9.17) is 0 Å². The quantitative estimate of drug-likeness (QED) is 0.713. The molecule has 3 fully saturated rings. The zero-order chi connectivity index (χ0) is 9.92. The lowest BCUT2D eigenvalue weighted by atomic mass is 10.0. The van der Waals surface area contributed by atoms with Crippen LogP contribution in [-0.4, -0.2) is 23.3 Å². The van der Waals surface area contributed by atoms with Crippen LogP contribution in [0, 0.1) is 23.7 Å². The molecule has 0 aromatic carbocycles. The van der Waals surface area contributed by atoms with Gasteiger partial charge in [-0.05, 0) is 56.8 Å². The molecule has 2 heteroatoms. The van der Waals surface area contributed by atoms with Gasteiger partial charge in [-0.1, -0.05) is 0 Å². The predicted octanol–water partition coefficient (Wildman–Crippen LogP) is 1.39. The van der Waals surface area contributed by atoms with Gasteiger partial charge in [0.1, 0.15) is 0 Å². The van der Waals surface area contributed by atoms with Crippen LogP contribution in [0.2, 0.25) is 0 Å². The van der Waals surface area contributed by atoms with Gasteiger partial charge in [-0.3, -0.25) is 0 Å². The van der Waals surface area contributed by atoms with Gasteiger partial charge < -0.3 is 10.4 Å². The fraction of sp³-hybridized carbons (Fsp3) is 1.00. The highest BCUT2D eigenvalue weighted by Gasteiger charge is 2.64. The lowest BCUT2D eigenvalue weighted by molar-refractivity contribution is 0.0780. The molecule has 0 saturated heterocycles. The first kappa shape index (κ1) is 9.17. The Morgan fingerprint density at radius 3 is 2.29 bits per heavy atom. The maximum absolute atomic E-state index is 9.64. The van der Waals surface area contributed by atoms with Gasteiger partial charge in [0.15, 0.2) is 0 Å². The zero-order valence-corrected chi connectivity index (χ0v) is 9.16. The van der Waals surface area contributed by atoms with Crippen molar-refractivity contribution in [1.82, 2.24) is 5.32 Å². The summed E-state index contributed by atoms with van der Waals surface area (Å²) in [4.78, 5) is 0. The Morgan fingerprint density at radius 2 is 1.79 bits per heavy atom. The monoisotopic (exact) mass is 195 g/mol. The zero-order valence-electron chi connectivity index (χ0n) is 9.16. The molecule has 3 saturated carbocycles. The summed E-state index contributed by atoms with van der Waals surface area (Å²) in [6, 6.07) is 0.757. The molecular weight excluding hydrogens is 174 g/mol. The van der Waals surface area contributed by atoms with Gasteiger partial charge in [0, 0.05) is 12.6 Å². The van der Waals surface area contributed by atoms with Crippen molar-refractivity contribution in [3.63, 3.8) is 0 Å². The van der Waals surface area contributed by atoms with Crippen molar-refractivity contribution in [3.05, 3.63) is 0 Å². The van der Waals surface area contributed by atoms with Gasteiger partial charge in [-0.2, -0.15) is 0 Å². The first-order valence-electron chi connectivity index (χ1n) is 6.02. The molecule has 0 aromatic rings. The minimum Gasteiger partial charge on any atom is -0.389 e. The highest BCUT2D eigenvalue weighted by molar-refractivity contribution is 5.16. The molecule has 14 heavy (non-hydrogen) atoms. The summed E-state index contributed by atoms with van der Waals surface area (Å²) in [6.07, 6.45) is 4.47. The highest BCUT2D eigenvalue weighted by Crippen LogP contribution is 2.65. The molecule has 2 bridgehead atoms. The number of hydrogen-bond donors (Lipinski definition) is 2. The van der Waals surface area contributed by atoms with Gasteiger partial charge in [-0.15, -0.1) is 0 Å². The molecule has 3 aliphatic carbocycles. The third kappa shape index (κ3) is 1.31. The van der Waals surface area contributed by atoms with Crippen LogP contribution in [0.5, 0.6) is 0 Å². The average molecular weight is 195 g/mol. The highest BCUT2D eigenvalue weighted by atomic mass is 16.3. The first-order chi connectivity index (χ1) is 6.56. The van der Waals surface area contributed by atoms with Crippen LogP contribution in [0.25, 0.3) is 0 Å². The summed E-state index contributed by atoms with van der Waals surface area (Å²) in [5.41, 5.74) is -0.546. The van der Waals surface area contributed by atoms with Gasteiger partial charge in [0.2, 0.25) is 0 Å². The maximum Gasteiger partial charge on any atom is 0.0715 e. The van der Waals surface area contributed by atoms with Gasteiger partial charge in [0.25, 0.3) is 0 Å². The van der Waals surface area contributed by atoms with E-state index in [0.29, 0.717) is 0 Å². The maximum atomic E-state index is 9.64. The second-order valence-corrected chi connectivity index (χ2v) is 6.21. The van der Waals surface area contributed by atoms with Crippen LogP contribution in [0.1, 0.15) is 33.1 Å². The first-order valence-corrected chi connectivity index (χ1v) is 6.02. The van der Waals surface area contributed by atoms with Crippen molar-refractivity contribution in [2.75, 3.05) is 6.54 Å². The molecule has 0 aromatic heterocycles. The van der Waals surface area contributed by atoms with Gasteiger partial charge in [0.05, 0.1) is 5.60 Å². The smallest absolute Gasteiger partial charge is 0.0715 e. The molecule has 4 unspecified atom stereocenters. The van der Waals surface area contributed by atoms with Crippen molar-refractivity contribution in [3.8, 4) is 0 Å². The number of hydrogen-bond acceptors (Lipinski definition) is 2.